The van der Waals surface area contributed by atoms with Crippen molar-refractivity contribution >= 4 is 46.0 Å². The third-order valence-corrected chi connectivity index (χ3v) is 9.96. The average Bonchev–Trinajstić information content (AvgIpc) is 3.84. The van der Waals surface area contributed by atoms with Crippen molar-refractivity contribution in [3.8, 4) is 0 Å². The lowest BCUT2D eigenvalue weighted by Gasteiger charge is -2.26. The van der Waals surface area contributed by atoms with Crippen molar-refractivity contribution in [2.45, 2.75) is 43.8 Å². The minimum absolute atomic E-state index is 0.0789. The van der Waals surface area contributed by atoms with Crippen LogP contribution in [0.25, 0.3) is 10.8 Å². The average molecular weight is 709 g/mol. The summed E-state index contributed by atoms with van der Waals surface area (Å²) >= 11 is 0. The van der Waals surface area contributed by atoms with Crippen molar-refractivity contribution in [1.82, 2.24) is 9.80 Å². The Balaban J connectivity index is 1.29. The number of cyclic esters (lactones) is 1. The van der Waals surface area contributed by atoms with Gasteiger partial charge in [-0.15, -0.1) is 0 Å². The van der Waals surface area contributed by atoms with E-state index in [1.807, 2.05) is 109 Å². The molecule has 3 amide bonds. The lowest BCUT2D eigenvalue weighted by Crippen LogP contribution is -2.39. The number of likely N-dealkylation sites (tertiary alicyclic amines) is 1. The highest BCUT2D eigenvalue weighted by atomic mass is 16.6. The van der Waals surface area contributed by atoms with E-state index in [2.05, 4.69) is 22.3 Å². The number of aliphatic imine (C=N–C) groups is 1. The Morgan fingerprint density at radius 3 is 2.28 bits per heavy atom. The van der Waals surface area contributed by atoms with E-state index < -0.39 is 29.9 Å². The number of aliphatic carboxylic acids is 1. The number of ether oxygens (including phenoxy) is 1. The molecule has 0 aliphatic carbocycles. The summed E-state index contributed by atoms with van der Waals surface area (Å²) in [7, 11) is 0. The van der Waals surface area contributed by atoms with Gasteiger partial charge in [-0.3, -0.25) is 19.5 Å². The van der Waals surface area contributed by atoms with E-state index in [4.69, 9.17) is 9.73 Å². The number of para-hydroxylation sites is 1. The number of carbonyl (C=O) groups is 4. The molecular formula is C43H40N4O6. The van der Waals surface area contributed by atoms with Crippen molar-refractivity contribution in [2.75, 3.05) is 25.0 Å². The van der Waals surface area contributed by atoms with E-state index in [0.29, 0.717) is 41.1 Å². The first-order valence-electron chi connectivity index (χ1n) is 17.9. The molecule has 10 heteroatoms. The molecule has 0 unspecified atom stereocenters. The van der Waals surface area contributed by atoms with Crippen molar-refractivity contribution in [2.24, 2.45) is 4.99 Å². The van der Waals surface area contributed by atoms with Gasteiger partial charge in [-0.1, -0.05) is 121 Å². The Labute approximate surface area is 307 Å². The number of anilines is 1. The summed E-state index contributed by atoms with van der Waals surface area (Å²) in [6.07, 6.45) is 0.560. The zero-order chi connectivity index (χ0) is 36.7. The number of nitrogens with one attached hydrogen (secondary N) is 1. The number of amides is 3. The van der Waals surface area contributed by atoms with Crippen LogP contribution in [0.15, 0.2) is 132 Å². The standard InChI is InChI=1S/C43H40N4O6/c48-38(47-25-26-53-43(47)52)27-35(33-21-11-18-30-15-7-8-19-32(30)33)40(42(50)51)45-39(31-16-5-2-6-17-31)34-20-9-10-22-36(34)44-41(49)37-23-12-24-46(37)28-29-13-3-1-4-14-29/h1-11,13-22,35,37,40H,12,23-28H2,(H,44,49)(H,50,51)/t35-,37-,40+/m0/s1. The van der Waals surface area contributed by atoms with Gasteiger partial charge in [0.2, 0.25) is 11.8 Å². The second kappa shape index (κ2) is 16.0. The fourth-order valence-corrected chi connectivity index (χ4v) is 7.38. The molecule has 2 saturated heterocycles. The van der Waals surface area contributed by atoms with Crippen LogP contribution in [0.2, 0.25) is 0 Å². The Hall–Kier alpha value is -6.13. The molecule has 2 fully saturated rings. The molecule has 0 radical (unpaired) electrons. The van der Waals surface area contributed by atoms with E-state index >= 15 is 0 Å². The second-order valence-electron chi connectivity index (χ2n) is 13.3. The molecule has 0 aromatic heterocycles. The van der Waals surface area contributed by atoms with E-state index in [1.165, 1.54) is 0 Å². The van der Waals surface area contributed by atoms with Crippen LogP contribution >= 0.6 is 0 Å². The van der Waals surface area contributed by atoms with Crippen molar-refractivity contribution in [3.63, 3.8) is 0 Å². The van der Waals surface area contributed by atoms with Gasteiger partial charge in [0, 0.05) is 30.0 Å². The Morgan fingerprint density at radius 1 is 0.830 bits per heavy atom. The molecular weight excluding hydrogens is 668 g/mol. The lowest BCUT2D eigenvalue weighted by molar-refractivity contribution is -0.139. The van der Waals surface area contributed by atoms with Crippen LogP contribution in [0.1, 0.15) is 47.4 Å². The monoisotopic (exact) mass is 708 g/mol. The molecule has 2 aliphatic rings. The van der Waals surface area contributed by atoms with Gasteiger partial charge in [0.1, 0.15) is 6.61 Å². The van der Waals surface area contributed by atoms with E-state index in [9.17, 15) is 24.3 Å². The maximum Gasteiger partial charge on any atom is 0.416 e. The summed E-state index contributed by atoms with van der Waals surface area (Å²) in [5.74, 6) is -2.90. The topological polar surface area (TPSA) is 129 Å². The van der Waals surface area contributed by atoms with Crippen LogP contribution < -0.4 is 5.32 Å². The molecule has 2 aliphatic heterocycles. The number of carboxylic acid groups (broad SMARTS) is 1. The number of imide groups is 1. The molecule has 5 aromatic carbocycles. The maximum absolute atomic E-state index is 14.0. The Kier molecular flexibility index (Phi) is 10.7. The Morgan fingerprint density at radius 2 is 1.53 bits per heavy atom. The molecule has 0 bridgehead atoms. The molecule has 2 N–H and O–H groups in total. The molecule has 3 atom stereocenters. The minimum Gasteiger partial charge on any atom is -0.480 e. The number of nitrogens with zero attached hydrogens (tertiary/aromatic N) is 3. The number of fused-ring (bicyclic) bond motifs is 1. The highest BCUT2D eigenvalue weighted by Crippen LogP contribution is 2.35. The molecule has 0 saturated carbocycles. The van der Waals surface area contributed by atoms with Crippen LogP contribution in [0, 0.1) is 0 Å². The fourth-order valence-electron chi connectivity index (χ4n) is 7.38. The van der Waals surface area contributed by atoms with Gasteiger partial charge in [0.25, 0.3) is 0 Å². The summed E-state index contributed by atoms with van der Waals surface area (Å²) in [4.78, 5) is 61.8. The number of benzene rings is 5. The number of hydrogen-bond acceptors (Lipinski definition) is 7. The molecule has 5 aromatic rings. The zero-order valence-electron chi connectivity index (χ0n) is 29.1. The molecule has 7 rings (SSSR count). The molecule has 0 spiro atoms. The SMILES string of the molecule is O=C(O)[C@H](N=C(c1ccccc1)c1ccccc1NC(=O)[C@@H]1CCCN1Cc1ccccc1)[C@@H](CC(=O)N1CCOC1=O)c1cccc2ccccc12. The van der Waals surface area contributed by atoms with Crippen LogP contribution in [0.5, 0.6) is 0 Å². The van der Waals surface area contributed by atoms with Gasteiger partial charge >= 0.3 is 12.1 Å². The normalized spacial score (nSPS) is 17.4. The maximum atomic E-state index is 14.0. The van der Waals surface area contributed by atoms with Crippen molar-refractivity contribution in [3.05, 3.63) is 150 Å². The van der Waals surface area contributed by atoms with Crippen LogP contribution in [0.3, 0.4) is 0 Å². The fraction of sp³-hybridized carbons (Fsp3) is 0.233. The predicted molar refractivity (Wildman–Crippen MR) is 203 cm³/mol. The summed E-state index contributed by atoms with van der Waals surface area (Å²) in [5.41, 5.74) is 3.77. The zero-order valence-corrected chi connectivity index (χ0v) is 29.1. The van der Waals surface area contributed by atoms with Gasteiger partial charge in [-0.05, 0) is 47.4 Å². The van der Waals surface area contributed by atoms with Crippen molar-refractivity contribution in [1.29, 1.82) is 0 Å². The third kappa shape index (κ3) is 7.88. The van der Waals surface area contributed by atoms with Gasteiger partial charge in [-0.25, -0.2) is 14.5 Å². The smallest absolute Gasteiger partial charge is 0.416 e. The number of carbonyl (C=O) groups excluding carboxylic acids is 3. The van der Waals surface area contributed by atoms with Gasteiger partial charge in [0.05, 0.1) is 24.0 Å². The molecule has 2 heterocycles. The summed E-state index contributed by atoms with van der Waals surface area (Å²) < 4.78 is 5.03. The van der Waals surface area contributed by atoms with Crippen LogP contribution in [-0.4, -0.2) is 76.3 Å². The molecule has 268 valence electrons. The number of rotatable bonds is 12. The van der Waals surface area contributed by atoms with Gasteiger partial charge in [0.15, 0.2) is 6.04 Å². The predicted octanol–water partition coefficient (Wildman–Crippen LogP) is 6.89. The lowest BCUT2D eigenvalue weighted by atomic mass is 9.84. The minimum atomic E-state index is -1.46. The molecule has 10 nitrogen and oxygen atoms in total. The van der Waals surface area contributed by atoms with Gasteiger partial charge < -0.3 is 15.2 Å². The largest absolute Gasteiger partial charge is 0.480 e. The van der Waals surface area contributed by atoms with Crippen molar-refractivity contribution < 1.29 is 29.0 Å². The quantitative estimate of drug-likeness (QED) is 0.135. The van der Waals surface area contributed by atoms with Crippen LogP contribution in [-0.2, 0) is 25.7 Å². The third-order valence-electron chi connectivity index (χ3n) is 9.96. The number of hydrogen-bond donors (Lipinski definition) is 2. The second-order valence-corrected chi connectivity index (χ2v) is 13.3. The summed E-state index contributed by atoms with van der Waals surface area (Å²) in [6.45, 7) is 1.62. The van der Waals surface area contributed by atoms with E-state index in [-0.39, 0.29) is 31.5 Å². The summed E-state index contributed by atoms with van der Waals surface area (Å²) in [6, 6.07) is 37.9. The first-order valence-corrected chi connectivity index (χ1v) is 17.9. The first-order chi connectivity index (χ1) is 25.9. The van der Waals surface area contributed by atoms with Gasteiger partial charge in [-0.2, -0.15) is 0 Å². The van der Waals surface area contributed by atoms with E-state index in [0.717, 1.165) is 34.2 Å². The van der Waals surface area contributed by atoms with Crippen LogP contribution in [0.4, 0.5) is 10.5 Å². The summed E-state index contributed by atoms with van der Waals surface area (Å²) in [5, 5.41) is 15.8. The Bertz CT molecular complexity index is 2150. The number of carboxylic acids is 1. The molecule has 53 heavy (non-hydrogen) atoms. The van der Waals surface area contributed by atoms with E-state index in [1.54, 1.807) is 6.07 Å². The highest BCUT2D eigenvalue weighted by Gasteiger charge is 2.37. The highest BCUT2D eigenvalue weighted by molar-refractivity contribution is 6.18. The first kappa shape index (κ1) is 35.3.